The van der Waals surface area contributed by atoms with Crippen LogP contribution in [0.1, 0.15) is 18.1 Å². The minimum Gasteiger partial charge on any atom is -0.495 e. The molecule has 2 aromatic rings. The summed E-state index contributed by atoms with van der Waals surface area (Å²) in [4.78, 5) is 11.3. The number of nitriles is 1. The highest BCUT2D eigenvalue weighted by atomic mass is 32.2. The summed E-state index contributed by atoms with van der Waals surface area (Å²) < 4.78 is 32.6. The number of anilines is 1. The summed E-state index contributed by atoms with van der Waals surface area (Å²) in [5.41, 5.74) is 1.84. The van der Waals surface area contributed by atoms with Crippen LogP contribution in [0.2, 0.25) is 0 Å². The molecule has 9 heteroatoms. The minimum atomic E-state index is -3.72. The first-order valence-corrected chi connectivity index (χ1v) is 11.0. The van der Waals surface area contributed by atoms with Crippen LogP contribution in [-0.2, 0) is 20.6 Å². The van der Waals surface area contributed by atoms with Gasteiger partial charge < -0.3 is 10.1 Å². The fourth-order valence-corrected chi connectivity index (χ4v) is 4.46. The zero-order valence-electron chi connectivity index (χ0n) is 15.6. The van der Waals surface area contributed by atoms with Gasteiger partial charge in [-0.2, -0.15) is 17.0 Å². The van der Waals surface area contributed by atoms with E-state index in [9.17, 15) is 13.2 Å². The number of hydrogen-bond donors (Lipinski definition) is 2. The average molecular weight is 420 g/mol. The van der Waals surface area contributed by atoms with Gasteiger partial charge in [-0.15, -0.1) is 0 Å². The van der Waals surface area contributed by atoms with Crippen LogP contribution >= 0.6 is 11.8 Å². The summed E-state index contributed by atoms with van der Waals surface area (Å²) in [5.74, 6) is 1.23. The van der Waals surface area contributed by atoms with Crippen molar-refractivity contribution in [2.24, 2.45) is 0 Å². The molecule has 2 N–H and O–H groups in total. The Labute approximate surface area is 169 Å². The number of sulfonamides is 1. The topological polar surface area (TPSA) is 108 Å². The van der Waals surface area contributed by atoms with Gasteiger partial charge in [0.25, 0.3) is 0 Å². The van der Waals surface area contributed by atoms with Crippen molar-refractivity contribution in [3.63, 3.8) is 0 Å². The van der Waals surface area contributed by atoms with Crippen LogP contribution in [0.15, 0.2) is 47.4 Å². The van der Waals surface area contributed by atoms with Crippen LogP contribution in [0.3, 0.4) is 0 Å². The van der Waals surface area contributed by atoms with Gasteiger partial charge in [0, 0.05) is 25.0 Å². The predicted molar refractivity (Wildman–Crippen MR) is 110 cm³/mol. The lowest BCUT2D eigenvalue weighted by atomic mass is 10.1. The van der Waals surface area contributed by atoms with E-state index in [1.54, 1.807) is 6.07 Å². The Hall–Kier alpha value is -2.54. The Bertz CT molecular complexity index is 985. The molecule has 148 valence electrons. The van der Waals surface area contributed by atoms with E-state index in [1.807, 2.05) is 18.2 Å². The lowest BCUT2D eigenvalue weighted by Gasteiger charge is -2.12. The number of methoxy groups -OCH3 is 1. The maximum Gasteiger partial charge on any atom is 0.240 e. The smallest absolute Gasteiger partial charge is 0.240 e. The van der Waals surface area contributed by atoms with Gasteiger partial charge in [0.1, 0.15) is 5.75 Å². The number of nitrogens with one attached hydrogen (secondary N) is 2. The molecule has 2 aromatic carbocycles. The number of carbonyl (C=O) groups excluding carboxylic acids is 1. The van der Waals surface area contributed by atoms with E-state index in [0.717, 1.165) is 5.56 Å². The van der Waals surface area contributed by atoms with Crippen molar-refractivity contribution in [1.82, 2.24) is 4.72 Å². The molecule has 0 saturated carbocycles. The van der Waals surface area contributed by atoms with E-state index in [-0.39, 0.29) is 17.3 Å². The zero-order chi connectivity index (χ0) is 20.6. The summed E-state index contributed by atoms with van der Waals surface area (Å²) in [7, 11) is -2.28. The summed E-state index contributed by atoms with van der Waals surface area (Å²) in [6.45, 7) is 1.57. The number of nitrogens with zero attached hydrogens (tertiary/aromatic N) is 1. The highest BCUT2D eigenvalue weighted by Crippen LogP contribution is 2.27. The van der Waals surface area contributed by atoms with Gasteiger partial charge in [-0.25, -0.2) is 13.1 Å². The lowest BCUT2D eigenvalue weighted by Crippen LogP contribution is -2.26. The molecule has 0 aromatic heterocycles. The Kier molecular flexibility index (Phi) is 7.87. The minimum absolute atomic E-state index is 0.0388. The molecule has 0 heterocycles. The largest absolute Gasteiger partial charge is 0.495 e. The summed E-state index contributed by atoms with van der Waals surface area (Å²) in [6, 6.07) is 13.7. The van der Waals surface area contributed by atoms with E-state index in [1.165, 1.54) is 44.0 Å². The molecule has 0 atom stereocenters. The first-order valence-electron chi connectivity index (χ1n) is 8.38. The van der Waals surface area contributed by atoms with Gasteiger partial charge in [0.05, 0.1) is 29.3 Å². The molecule has 0 radical (unpaired) electrons. The number of hydrogen-bond acceptors (Lipinski definition) is 6. The van der Waals surface area contributed by atoms with Gasteiger partial charge >= 0.3 is 0 Å². The predicted octanol–water partition coefficient (Wildman–Crippen LogP) is 2.74. The second-order valence-corrected chi connectivity index (χ2v) is 8.63. The van der Waals surface area contributed by atoms with E-state index < -0.39 is 10.0 Å². The molecule has 28 heavy (non-hydrogen) atoms. The normalized spacial score (nSPS) is 10.9. The zero-order valence-corrected chi connectivity index (χ0v) is 17.2. The van der Waals surface area contributed by atoms with Crippen molar-refractivity contribution in [1.29, 1.82) is 5.26 Å². The molecule has 7 nitrogen and oxygen atoms in total. The Morgan fingerprint density at radius 1 is 1.25 bits per heavy atom. The molecule has 0 fully saturated rings. The van der Waals surface area contributed by atoms with Crippen molar-refractivity contribution < 1.29 is 17.9 Å². The number of benzene rings is 2. The summed E-state index contributed by atoms with van der Waals surface area (Å²) >= 11 is 1.53. The number of carbonyl (C=O) groups is 1. The molecule has 0 aliphatic heterocycles. The van der Waals surface area contributed by atoms with Gasteiger partial charge in [-0.3, -0.25) is 4.79 Å². The van der Waals surface area contributed by atoms with Crippen LogP contribution in [0.25, 0.3) is 0 Å². The number of ether oxygens (including phenoxy) is 1. The monoisotopic (exact) mass is 419 g/mol. The maximum atomic E-state index is 12.5. The molecule has 0 aliphatic rings. The van der Waals surface area contributed by atoms with Crippen LogP contribution in [0, 0.1) is 11.3 Å². The lowest BCUT2D eigenvalue weighted by molar-refractivity contribution is -0.114. The Morgan fingerprint density at radius 3 is 2.68 bits per heavy atom. The van der Waals surface area contributed by atoms with Gasteiger partial charge in [0.15, 0.2) is 0 Å². The van der Waals surface area contributed by atoms with Gasteiger partial charge in [0.2, 0.25) is 15.9 Å². The molecule has 0 saturated heterocycles. The second kappa shape index (κ2) is 10.1. The summed E-state index contributed by atoms with van der Waals surface area (Å²) in [5, 5.41) is 11.6. The first kappa shape index (κ1) is 21.8. The van der Waals surface area contributed by atoms with Crippen LogP contribution < -0.4 is 14.8 Å². The molecule has 1 amide bonds. The van der Waals surface area contributed by atoms with Crippen LogP contribution in [0.4, 0.5) is 5.69 Å². The third kappa shape index (κ3) is 5.99. The van der Waals surface area contributed by atoms with Crippen molar-refractivity contribution in [2.75, 3.05) is 24.7 Å². The van der Waals surface area contributed by atoms with Crippen molar-refractivity contribution in [2.45, 2.75) is 17.6 Å². The van der Waals surface area contributed by atoms with Crippen LogP contribution in [0.5, 0.6) is 5.75 Å². The third-order valence-corrected chi connectivity index (χ3v) is 6.19. The van der Waals surface area contributed by atoms with Crippen molar-refractivity contribution in [3.05, 3.63) is 53.6 Å². The molecule has 0 unspecified atom stereocenters. The van der Waals surface area contributed by atoms with Gasteiger partial charge in [-0.05, 0) is 29.8 Å². The highest BCUT2D eigenvalue weighted by molar-refractivity contribution is 7.98. The highest BCUT2D eigenvalue weighted by Gasteiger charge is 2.16. The Morgan fingerprint density at radius 2 is 2.00 bits per heavy atom. The van der Waals surface area contributed by atoms with E-state index in [4.69, 9.17) is 10.00 Å². The molecule has 0 aliphatic carbocycles. The molecular weight excluding hydrogens is 398 g/mol. The first-order chi connectivity index (χ1) is 13.4. The number of rotatable bonds is 9. The fourth-order valence-electron chi connectivity index (χ4n) is 2.41. The van der Waals surface area contributed by atoms with Crippen molar-refractivity contribution >= 4 is 33.4 Å². The molecule has 2 rings (SSSR count). The maximum absolute atomic E-state index is 12.5. The standard InChI is InChI=1S/C19H21N3O4S2/c1-14(23)22-18-11-17(7-8-19(18)26-2)28(24,25)21-9-10-27-13-16-6-4-3-5-15(16)12-20/h3-8,11,21H,9-10,13H2,1-2H3,(H,22,23). The Balaban J connectivity index is 1.95. The summed E-state index contributed by atoms with van der Waals surface area (Å²) in [6.07, 6.45) is 0. The third-order valence-electron chi connectivity index (χ3n) is 3.73. The van der Waals surface area contributed by atoms with Crippen LogP contribution in [-0.4, -0.2) is 33.7 Å². The average Bonchev–Trinajstić information content (AvgIpc) is 2.67. The van der Waals surface area contributed by atoms with Crippen molar-refractivity contribution in [3.8, 4) is 11.8 Å². The number of amides is 1. The van der Waals surface area contributed by atoms with Gasteiger partial charge in [-0.1, -0.05) is 18.2 Å². The molecule has 0 spiro atoms. The van der Waals surface area contributed by atoms with E-state index >= 15 is 0 Å². The molecule has 0 bridgehead atoms. The fraction of sp³-hybridized carbons (Fsp3) is 0.263. The van der Waals surface area contributed by atoms with E-state index in [2.05, 4.69) is 16.1 Å². The SMILES string of the molecule is COc1ccc(S(=O)(=O)NCCSCc2ccccc2C#N)cc1NC(C)=O. The van der Waals surface area contributed by atoms with E-state index in [0.29, 0.717) is 28.5 Å². The second-order valence-electron chi connectivity index (χ2n) is 5.76. The number of thioether (sulfide) groups is 1. The molecular formula is C19H21N3O4S2. The quantitative estimate of drug-likeness (QED) is 0.605.